The van der Waals surface area contributed by atoms with Crippen molar-refractivity contribution < 1.29 is 14.3 Å². The molecular weight excluding hydrogens is 370 g/mol. The normalized spacial score (nSPS) is 25.3. The van der Waals surface area contributed by atoms with E-state index in [9.17, 15) is 4.79 Å². The highest BCUT2D eigenvalue weighted by atomic mass is 79.9. The van der Waals surface area contributed by atoms with Crippen molar-refractivity contribution in [2.24, 2.45) is 0 Å². The molecule has 4 rings (SSSR count). The molecule has 3 aliphatic rings. The number of hydrogen-bond acceptors (Lipinski definition) is 3. The van der Waals surface area contributed by atoms with Crippen molar-refractivity contribution in [1.82, 2.24) is 4.90 Å². The van der Waals surface area contributed by atoms with Crippen LogP contribution in [0.4, 0.5) is 0 Å². The number of halogens is 1. The van der Waals surface area contributed by atoms with E-state index in [1.807, 2.05) is 12.1 Å². The summed E-state index contributed by atoms with van der Waals surface area (Å²) in [5.41, 5.74) is 0.918. The summed E-state index contributed by atoms with van der Waals surface area (Å²) in [4.78, 5) is 15.2. The first-order chi connectivity index (χ1) is 11.7. The molecule has 128 valence electrons. The number of amides is 1. The van der Waals surface area contributed by atoms with Crippen LogP contribution in [0.3, 0.4) is 0 Å². The second-order valence-electron chi connectivity index (χ2n) is 6.87. The maximum atomic E-state index is 13.1. The van der Waals surface area contributed by atoms with E-state index < -0.39 is 0 Å². The number of piperidine rings is 1. The zero-order valence-electron chi connectivity index (χ0n) is 13.7. The quantitative estimate of drug-likeness (QED) is 0.708. The minimum absolute atomic E-state index is 0.0452. The molecule has 2 heterocycles. The van der Waals surface area contributed by atoms with Crippen LogP contribution in [-0.4, -0.2) is 29.7 Å². The molecule has 1 amide bonds. The molecule has 1 aromatic rings. The van der Waals surface area contributed by atoms with Gasteiger partial charge in [-0.3, -0.25) is 4.79 Å². The van der Waals surface area contributed by atoms with Gasteiger partial charge in [-0.15, -0.1) is 0 Å². The Bertz CT molecular complexity index is 687. The van der Waals surface area contributed by atoms with Gasteiger partial charge in [0.25, 0.3) is 0 Å². The first kappa shape index (κ1) is 16.0. The van der Waals surface area contributed by atoms with Crippen LogP contribution in [0.1, 0.15) is 44.1 Å². The van der Waals surface area contributed by atoms with Gasteiger partial charge in [-0.05, 0) is 56.2 Å². The lowest BCUT2D eigenvalue weighted by molar-refractivity contribution is -0.137. The molecule has 1 atom stereocenters. The van der Waals surface area contributed by atoms with Gasteiger partial charge in [0.05, 0.1) is 12.0 Å². The Morgan fingerprint density at radius 2 is 1.96 bits per heavy atom. The maximum absolute atomic E-state index is 13.1. The first-order valence-corrected chi connectivity index (χ1v) is 9.53. The summed E-state index contributed by atoms with van der Waals surface area (Å²) >= 11 is 3.57. The van der Waals surface area contributed by atoms with Gasteiger partial charge in [-0.2, -0.15) is 0 Å². The monoisotopic (exact) mass is 391 g/mol. The first-order valence-electron chi connectivity index (χ1n) is 8.74. The minimum atomic E-state index is -0.0452. The van der Waals surface area contributed by atoms with Crippen molar-refractivity contribution in [3.63, 3.8) is 0 Å². The Balaban J connectivity index is 1.57. The van der Waals surface area contributed by atoms with Crippen LogP contribution < -0.4 is 9.47 Å². The fourth-order valence-corrected chi connectivity index (χ4v) is 4.59. The van der Waals surface area contributed by atoms with Gasteiger partial charge in [-0.25, -0.2) is 0 Å². The number of benzene rings is 1. The van der Waals surface area contributed by atoms with E-state index in [1.165, 1.54) is 12.8 Å². The third-order valence-corrected chi connectivity index (χ3v) is 6.11. The third-order valence-electron chi connectivity index (χ3n) is 5.37. The van der Waals surface area contributed by atoms with Gasteiger partial charge in [0.1, 0.15) is 0 Å². The topological polar surface area (TPSA) is 38.8 Å². The molecule has 1 spiro atoms. The van der Waals surface area contributed by atoms with Crippen molar-refractivity contribution in [2.75, 3.05) is 13.3 Å². The van der Waals surface area contributed by atoms with Crippen molar-refractivity contribution in [3.8, 4) is 11.5 Å². The Hall–Kier alpha value is -1.49. The molecule has 0 aromatic heterocycles. The molecule has 1 unspecified atom stereocenters. The van der Waals surface area contributed by atoms with E-state index in [4.69, 9.17) is 9.47 Å². The highest BCUT2D eigenvalue weighted by Crippen LogP contribution is 2.39. The second kappa shape index (κ2) is 6.43. The SMILES string of the molecule is O=C(Cc1cc2c(cc1Br)OCO2)N1CCCCC12C=CCCC2. The fourth-order valence-electron chi connectivity index (χ4n) is 4.13. The standard InChI is InChI=1S/C19H22BrNO3/c20-15-12-17-16(23-13-24-17)10-14(15)11-18(22)21-9-5-4-8-19(21)6-2-1-3-7-19/h2,6,10,12H,1,3-5,7-9,11,13H2. The zero-order valence-corrected chi connectivity index (χ0v) is 15.3. The maximum Gasteiger partial charge on any atom is 0.231 e. The number of hydrogen-bond donors (Lipinski definition) is 0. The summed E-state index contributed by atoms with van der Waals surface area (Å²) < 4.78 is 11.7. The molecular formula is C19H22BrNO3. The van der Waals surface area contributed by atoms with Crippen LogP contribution in [0, 0.1) is 0 Å². The Labute approximate surface area is 150 Å². The van der Waals surface area contributed by atoms with Crippen molar-refractivity contribution in [2.45, 2.75) is 50.5 Å². The zero-order chi connectivity index (χ0) is 16.6. The van der Waals surface area contributed by atoms with Crippen LogP contribution in [0.2, 0.25) is 0 Å². The fraction of sp³-hybridized carbons (Fsp3) is 0.526. The number of ether oxygens (including phenoxy) is 2. The summed E-state index contributed by atoms with van der Waals surface area (Å²) in [6.07, 6.45) is 11.8. The lowest BCUT2D eigenvalue weighted by Crippen LogP contribution is -2.54. The predicted octanol–water partition coefficient (Wildman–Crippen LogP) is 4.21. The van der Waals surface area contributed by atoms with Crippen molar-refractivity contribution >= 4 is 21.8 Å². The average molecular weight is 392 g/mol. The lowest BCUT2D eigenvalue weighted by Gasteiger charge is -2.47. The third kappa shape index (κ3) is 2.83. The molecule has 1 aliphatic carbocycles. The number of carbonyl (C=O) groups is 1. The molecule has 4 nitrogen and oxygen atoms in total. The largest absolute Gasteiger partial charge is 0.454 e. The number of likely N-dealkylation sites (tertiary alicyclic amines) is 1. The molecule has 0 saturated carbocycles. The van der Waals surface area contributed by atoms with E-state index in [0.29, 0.717) is 6.42 Å². The van der Waals surface area contributed by atoms with Gasteiger partial charge in [0.2, 0.25) is 12.7 Å². The van der Waals surface area contributed by atoms with Crippen molar-refractivity contribution in [1.29, 1.82) is 0 Å². The number of rotatable bonds is 2. The van der Waals surface area contributed by atoms with E-state index in [2.05, 4.69) is 33.0 Å². The Morgan fingerprint density at radius 3 is 2.75 bits per heavy atom. The van der Waals surface area contributed by atoms with E-state index in [1.54, 1.807) is 0 Å². The summed E-state index contributed by atoms with van der Waals surface area (Å²) in [6, 6.07) is 3.83. The van der Waals surface area contributed by atoms with Crippen LogP contribution in [-0.2, 0) is 11.2 Å². The summed E-state index contributed by atoms with van der Waals surface area (Å²) in [5.74, 6) is 1.68. The van der Waals surface area contributed by atoms with Gasteiger partial charge < -0.3 is 14.4 Å². The summed E-state index contributed by atoms with van der Waals surface area (Å²) in [7, 11) is 0. The molecule has 0 bridgehead atoms. The Kier molecular flexibility index (Phi) is 4.29. The van der Waals surface area contributed by atoms with Crippen LogP contribution in [0.5, 0.6) is 11.5 Å². The Morgan fingerprint density at radius 1 is 1.17 bits per heavy atom. The molecule has 0 radical (unpaired) electrons. The van der Waals surface area contributed by atoms with Crippen LogP contribution in [0.25, 0.3) is 0 Å². The van der Waals surface area contributed by atoms with Gasteiger partial charge in [-0.1, -0.05) is 28.1 Å². The van der Waals surface area contributed by atoms with E-state index in [0.717, 1.165) is 53.8 Å². The molecule has 0 N–H and O–H groups in total. The highest BCUT2D eigenvalue weighted by molar-refractivity contribution is 9.10. The highest BCUT2D eigenvalue weighted by Gasteiger charge is 2.39. The predicted molar refractivity (Wildman–Crippen MR) is 95.3 cm³/mol. The number of carbonyl (C=O) groups excluding carboxylic acids is 1. The number of nitrogens with zero attached hydrogens (tertiary/aromatic N) is 1. The molecule has 1 fully saturated rings. The molecule has 1 saturated heterocycles. The minimum Gasteiger partial charge on any atom is -0.454 e. The molecule has 2 aliphatic heterocycles. The van der Waals surface area contributed by atoms with Gasteiger partial charge in [0.15, 0.2) is 11.5 Å². The van der Waals surface area contributed by atoms with E-state index >= 15 is 0 Å². The van der Waals surface area contributed by atoms with Gasteiger partial charge in [0, 0.05) is 11.0 Å². The second-order valence-corrected chi connectivity index (χ2v) is 7.73. The molecule has 1 aromatic carbocycles. The van der Waals surface area contributed by atoms with E-state index in [-0.39, 0.29) is 18.2 Å². The average Bonchev–Trinajstić information content (AvgIpc) is 3.03. The summed E-state index contributed by atoms with van der Waals surface area (Å²) in [6.45, 7) is 1.12. The lowest BCUT2D eigenvalue weighted by atomic mass is 9.79. The van der Waals surface area contributed by atoms with Gasteiger partial charge >= 0.3 is 0 Å². The molecule has 24 heavy (non-hydrogen) atoms. The number of fused-ring (bicyclic) bond motifs is 1. The van der Waals surface area contributed by atoms with Crippen molar-refractivity contribution in [3.05, 3.63) is 34.3 Å². The summed E-state index contributed by atoms with van der Waals surface area (Å²) in [5, 5.41) is 0. The smallest absolute Gasteiger partial charge is 0.231 e. The van der Waals surface area contributed by atoms with Crippen LogP contribution in [0.15, 0.2) is 28.8 Å². The number of allylic oxidation sites excluding steroid dienone is 1. The molecule has 5 heteroatoms. The van der Waals surface area contributed by atoms with Crippen LogP contribution >= 0.6 is 15.9 Å².